The molecule has 26 heavy (non-hydrogen) atoms. The minimum Gasteiger partial charge on any atom is -0.454 e. The zero-order chi connectivity index (χ0) is 18.3. The maximum Gasteiger partial charge on any atom is 0.257 e. The molecule has 0 radical (unpaired) electrons. The summed E-state index contributed by atoms with van der Waals surface area (Å²) >= 11 is 1.46. The fourth-order valence-corrected chi connectivity index (χ4v) is 3.64. The number of nitrogens with one attached hydrogen (secondary N) is 1. The number of rotatable bonds is 3. The third-order valence-corrected chi connectivity index (χ3v) is 5.32. The molecule has 0 fully saturated rings. The second-order valence-electron chi connectivity index (χ2n) is 6.25. The van der Waals surface area contributed by atoms with Crippen LogP contribution in [0.2, 0.25) is 0 Å². The van der Waals surface area contributed by atoms with Crippen LogP contribution in [0.5, 0.6) is 11.5 Å². The summed E-state index contributed by atoms with van der Waals surface area (Å²) in [4.78, 5) is 18.1. The molecule has 0 bridgehead atoms. The fraction of sp³-hybridized carbons (Fsp3) is 0.200. The van der Waals surface area contributed by atoms with E-state index in [0.29, 0.717) is 10.7 Å². The van der Waals surface area contributed by atoms with Crippen LogP contribution < -0.4 is 14.8 Å². The van der Waals surface area contributed by atoms with E-state index in [-0.39, 0.29) is 12.7 Å². The lowest BCUT2D eigenvalue weighted by molar-refractivity contribution is 0.102. The maximum atomic E-state index is 12.5. The topological polar surface area (TPSA) is 60.5 Å². The predicted octanol–water partition coefficient (Wildman–Crippen LogP) is 4.72. The minimum atomic E-state index is -0.154. The van der Waals surface area contributed by atoms with E-state index in [1.54, 1.807) is 0 Å². The van der Waals surface area contributed by atoms with E-state index < -0.39 is 0 Å². The van der Waals surface area contributed by atoms with E-state index in [1.165, 1.54) is 11.3 Å². The number of ether oxygens (including phenoxy) is 2. The van der Waals surface area contributed by atoms with Crippen LogP contribution in [0.3, 0.4) is 0 Å². The minimum absolute atomic E-state index is 0.154. The lowest BCUT2D eigenvalue weighted by atomic mass is 10.1. The molecule has 1 aromatic heterocycles. The second-order valence-corrected chi connectivity index (χ2v) is 7.45. The number of thiazole rings is 1. The smallest absolute Gasteiger partial charge is 0.257 e. The van der Waals surface area contributed by atoms with E-state index in [4.69, 9.17) is 9.47 Å². The highest BCUT2D eigenvalue weighted by Gasteiger charge is 2.18. The summed E-state index contributed by atoms with van der Waals surface area (Å²) in [6, 6.07) is 11.4. The van der Waals surface area contributed by atoms with Gasteiger partial charge in [-0.25, -0.2) is 4.98 Å². The Balaban J connectivity index is 1.58. The molecule has 6 heteroatoms. The van der Waals surface area contributed by atoms with Crippen LogP contribution in [0.1, 0.15) is 26.4 Å². The number of hydrogen-bond acceptors (Lipinski definition) is 5. The van der Waals surface area contributed by atoms with Crippen LogP contribution in [0, 0.1) is 20.8 Å². The first-order valence-corrected chi connectivity index (χ1v) is 9.09. The monoisotopic (exact) mass is 366 g/mol. The van der Waals surface area contributed by atoms with E-state index in [2.05, 4.69) is 10.3 Å². The Bertz CT molecular complexity index is 1010. The third kappa shape index (κ3) is 3.04. The summed E-state index contributed by atoms with van der Waals surface area (Å²) in [6.07, 6.45) is 0. The lowest BCUT2D eigenvalue weighted by Crippen LogP contribution is -2.12. The predicted molar refractivity (Wildman–Crippen MR) is 102 cm³/mol. The van der Waals surface area contributed by atoms with Gasteiger partial charge < -0.3 is 9.47 Å². The summed E-state index contributed by atoms with van der Waals surface area (Å²) in [5, 5.41) is 3.48. The molecular weight excluding hydrogens is 348 g/mol. The molecule has 0 atom stereocenters. The highest BCUT2D eigenvalue weighted by molar-refractivity contribution is 7.16. The van der Waals surface area contributed by atoms with Crippen molar-refractivity contribution in [1.82, 2.24) is 4.98 Å². The number of hydrogen-bond donors (Lipinski definition) is 1. The van der Waals surface area contributed by atoms with Crippen LogP contribution in [-0.4, -0.2) is 17.7 Å². The molecular formula is C20H18N2O3S. The van der Waals surface area contributed by atoms with Crippen molar-refractivity contribution in [1.29, 1.82) is 0 Å². The molecule has 2 heterocycles. The average Bonchev–Trinajstić information content (AvgIpc) is 3.22. The molecule has 1 amide bonds. The molecule has 1 aliphatic heterocycles. The van der Waals surface area contributed by atoms with Crippen molar-refractivity contribution in [3.05, 3.63) is 58.0 Å². The first-order chi connectivity index (χ1) is 12.5. The van der Waals surface area contributed by atoms with Gasteiger partial charge >= 0.3 is 0 Å². The van der Waals surface area contributed by atoms with Gasteiger partial charge in [0, 0.05) is 16.0 Å². The Morgan fingerprint density at radius 3 is 2.65 bits per heavy atom. The number of fused-ring (bicyclic) bond motifs is 1. The quantitative estimate of drug-likeness (QED) is 0.729. The standard InChI is InChI=1S/C20H18N2O3S/c1-11-4-5-15(8-12(11)2)19(23)22-20-21-18(13(3)26-20)14-6-7-16-17(9-14)25-10-24-16/h4-9H,10H2,1-3H3,(H,21,22,23). The van der Waals surface area contributed by atoms with Gasteiger partial charge in [-0.05, 0) is 62.2 Å². The summed E-state index contributed by atoms with van der Waals surface area (Å²) < 4.78 is 10.8. The van der Waals surface area contributed by atoms with Crippen molar-refractivity contribution in [2.24, 2.45) is 0 Å². The highest BCUT2D eigenvalue weighted by atomic mass is 32.1. The van der Waals surface area contributed by atoms with Gasteiger partial charge in [0.05, 0.1) is 5.69 Å². The molecule has 0 spiro atoms. The van der Waals surface area contributed by atoms with Gasteiger partial charge in [0.1, 0.15) is 0 Å². The second kappa shape index (κ2) is 6.46. The molecule has 0 unspecified atom stereocenters. The number of carbonyl (C=O) groups excluding carboxylic acids is 1. The van der Waals surface area contributed by atoms with Crippen molar-refractivity contribution >= 4 is 22.4 Å². The van der Waals surface area contributed by atoms with Crippen LogP contribution in [0.25, 0.3) is 11.3 Å². The SMILES string of the molecule is Cc1ccc(C(=O)Nc2nc(-c3ccc4c(c3)OCO4)c(C)s2)cc1C. The number of benzene rings is 2. The van der Waals surface area contributed by atoms with E-state index >= 15 is 0 Å². The van der Waals surface area contributed by atoms with Gasteiger partial charge in [-0.1, -0.05) is 6.07 Å². The van der Waals surface area contributed by atoms with E-state index in [9.17, 15) is 4.79 Å². The van der Waals surface area contributed by atoms with Gasteiger partial charge in [0.2, 0.25) is 6.79 Å². The van der Waals surface area contributed by atoms with Crippen molar-refractivity contribution in [2.75, 3.05) is 12.1 Å². The average molecular weight is 366 g/mol. The lowest BCUT2D eigenvalue weighted by Gasteiger charge is -2.05. The third-order valence-electron chi connectivity index (χ3n) is 4.43. The number of anilines is 1. The molecule has 1 aliphatic rings. The highest BCUT2D eigenvalue weighted by Crippen LogP contribution is 2.38. The number of aromatic nitrogens is 1. The van der Waals surface area contributed by atoms with Gasteiger partial charge in [-0.2, -0.15) is 0 Å². The molecule has 2 aromatic carbocycles. The molecule has 4 rings (SSSR count). The zero-order valence-corrected chi connectivity index (χ0v) is 15.6. The van der Waals surface area contributed by atoms with Gasteiger partial charge in [-0.15, -0.1) is 11.3 Å². The fourth-order valence-electron chi connectivity index (χ4n) is 2.81. The Labute approximate surface area is 155 Å². The number of nitrogens with zero attached hydrogens (tertiary/aromatic N) is 1. The Hall–Kier alpha value is -2.86. The molecule has 132 valence electrons. The number of aryl methyl sites for hydroxylation is 3. The summed E-state index contributed by atoms with van der Waals surface area (Å²) in [7, 11) is 0. The number of carbonyl (C=O) groups is 1. The van der Waals surface area contributed by atoms with E-state index in [0.717, 1.165) is 38.8 Å². The molecule has 0 aliphatic carbocycles. The van der Waals surface area contributed by atoms with Crippen LogP contribution in [0.15, 0.2) is 36.4 Å². The van der Waals surface area contributed by atoms with Crippen molar-refractivity contribution in [3.63, 3.8) is 0 Å². The van der Waals surface area contributed by atoms with E-state index in [1.807, 2.05) is 57.2 Å². The summed E-state index contributed by atoms with van der Waals surface area (Å²) in [5.74, 6) is 1.31. The van der Waals surface area contributed by atoms with Crippen molar-refractivity contribution in [3.8, 4) is 22.8 Å². The molecule has 1 N–H and O–H groups in total. The molecule has 0 saturated heterocycles. The van der Waals surface area contributed by atoms with Crippen LogP contribution in [0.4, 0.5) is 5.13 Å². The molecule has 0 saturated carbocycles. The van der Waals surface area contributed by atoms with Crippen molar-refractivity contribution in [2.45, 2.75) is 20.8 Å². The summed E-state index contributed by atoms with van der Waals surface area (Å²) in [6.45, 7) is 6.26. The molecule has 5 nitrogen and oxygen atoms in total. The molecule has 3 aromatic rings. The van der Waals surface area contributed by atoms with Gasteiger partial charge in [0.25, 0.3) is 5.91 Å². The Morgan fingerprint density at radius 1 is 1.04 bits per heavy atom. The Kier molecular flexibility index (Phi) is 4.12. The zero-order valence-electron chi connectivity index (χ0n) is 14.8. The number of amides is 1. The Morgan fingerprint density at radius 2 is 1.85 bits per heavy atom. The van der Waals surface area contributed by atoms with Crippen molar-refractivity contribution < 1.29 is 14.3 Å². The van der Waals surface area contributed by atoms with Gasteiger partial charge in [0.15, 0.2) is 16.6 Å². The van der Waals surface area contributed by atoms with Gasteiger partial charge in [-0.3, -0.25) is 10.1 Å². The first kappa shape index (κ1) is 16.6. The first-order valence-electron chi connectivity index (χ1n) is 8.27. The normalized spacial score (nSPS) is 12.3. The van der Waals surface area contributed by atoms with Crippen LogP contribution >= 0.6 is 11.3 Å². The largest absolute Gasteiger partial charge is 0.454 e. The summed E-state index contributed by atoms with van der Waals surface area (Å²) in [5.41, 5.74) is 4.66. The van der Waals surface area contributed by atoms with Crippen LogP contribution in [-0.2, 0) is 0 Å². The maximum absolute atomic E-state index is 12.5.